The van der Waals surface area contributed by atoms with Crippen LogP contribution < -0.4 is 4.74 Å². The summed E-state index contributed by atoms with van der Waals surface area (Å²) >= 11 is 0. The van der Waals surface area contributed by atoms with E-state index >= 15 is 0 Å². The molecule has 0 heterocycles. The molecular weight excluding hydrogens is 266 g/mol. The highest BCUT2D eigenvalue weighted by molar-refractivity contribution is 5.71. The van der Waals surface area contributed by atoms with Crippen LogP contribution in [0.4, 0.5) is 0 Å². The smallest absolute Gasteiger partial charge is 0.344 e. The Bertz CT molecular complexity index is 476. The van der Waals surface area contributed by atoms with E-state index in [1.54, 1.807) is 6.92 Å². The molecule has 0 aliphatic carbocycles. The van der Waals surface area contributed by atoms with Crippen LogP contribution in [-0.2, 0) is 16.0 Å². The second-order valence-corrected chi connectivity index (χ2v) is 4.91. The fourth-order valence-corrected chi connectivity index (χ4v) is 1.86. The Balaban J connectivity index is 2.47. The van der Waals surface area contributed by atoms with Gasteiger partial charge in [0.15, 0.2) is 6.61 Å². The molecule has 0 radical (unpaired) electrons. The molecule has 4 heteroatoms. The van der Waals surface area contributed by atoms with Gasteiger partial charge in [-0.3, -0.25) is 4.90 Å². The van der Waals surface area contributed by atoms with E-state index in [1.165, 1.54) is 5.56 Å². The van der Waals surface area contributed by atoms with Crippen molar-refractivity contribution in [1.29, 1.82) is 0 Å². The van der Waals surface area contributed by atoms with Crippen LogP contribution in [0.1, 0.15) is 19.4 Å². The number of carbonyl (C=O) groups is 1. The lowest BCUT2D eigenvalue weighted by molar-refractivity contribution is -0.145. The van der Waals surface area contributed by atoms with Crippen molar-refractivity contribution in [2.24, 2.45) is 0 Å². The van der Waals surface area contributed by atoms with Crippen molar-refractivity contribution < 1.29 is 14.3 Å². The van der Waals surface area contributed by atoms with Gasteiger partial charge in [0, 0.05) is 6.04 Å². The third-order valence-electron chi connectivity index (χ3n) is 3.21. The molecule has 21 heavy (non-hydrogen) atoms. The fourth-order valence-electron chi connectivity index (χ4n) is 1.86. The van der Waals surface area contributed by atoms with E-state index in [1.807, 2.05) is 31.3 Å². The van der Waals surface area contributed by atoms with Gasteiger partial charge >= 0.3 is 5.97 Å². The zero-order valence-electron chi connectivity index (χ0n) is 13.0. The lowest BCUT2D eigenvalue weighted by Crippen LogP contribution is -2.31. The predicted octanol–water partition coefficient (Wildman–Crippen LogP) is 2.12. The molecule has 4 nitrogen and oxygen atoms in total. The van der Waals surface area contributed by atoms with E-state index in [4.69, 9.17) is 15.9 Å². The third kappa shape index (κ3) is 6.33. The number of hydrogen-bond acceptors (Lipinski definition) is 4. The van der Waals surface area contributed by atoms with E-state index in [0.717, 1.165) is 6.42 Å². The Labute approximate surface area is 127 Å². The standard InChI is InChI=1S/C17H23NO3/c1-5-11-18(4)14(3)12-15-7-9-16(10-8-15)21-13-17(19)20-6-2/h1,7-10,14H,6,11-13H2,2-4H3/t14-/m1/s1. The van der Waals surface area contributed by atoms with Crippen LogP contribution in [0, 0.1) is 12.3 Å². The van der Waals surface area contributed by atoms with Crippen molar-refractivity contribution in [2.45, 2.75) is 26.3 Å². The molecule has 0 amide bonds. The largest absolute Gasteiger partial charge is 0.482 e. The van der Waals surface area contributed by atoms with Crippen molar-refractivity contribution in [1.82, 2.24) is 4.90 Å². The van der Waals surface area contributed by atoms with Gasteiger partial charge in [0.25, 0.3) is 0 Å². The Morgan fingerprint density at radius 2 is 2.05 bits per heavy atom. The number of likely N-dealkylation sites (N-methyl/N-ethyl adjacent to an activating group) is 1. The number of esters is 1. The lowest BCUT2D eigenvalue weighted by atomic mass is 10.1. The highest BCUT2D eigenvalue weighted by Gasteiger charge is 2.09. The summed E-state index contributed by atoms with van der Waals surface area (Å²) in [5, 5.41) is 0. The summed E-state index contributed by atoms with van der Waals surface area (Å²) in [4.78, 5) is 13.3. The maximum Gasteiger partial charge on any atom is 0.344 e. The van der Waals surface area contributed by atoms with Crippen molar-refractivity contribution in [3.8, 4) is 18.1 Å². The van der Waals surface area contributed by atoms with Gasteiger partial charge in [0.1, 0.15) is 5.75 Å². The predicted molar refractivity (Wildman–Crippen MR) is 83.2 cm³/mol. The first kappa shape index (κ1) is 17.1. The summed E-state index contributed by atoms with van der Waals surface area (Å²) in [5.74, 6) is 2.95. The first-order valence-corrected chi connectivity index (χ1v) is 7.07. The maximum atomic E-state index is 11.2. The minimum Gasteiger partial charge on any atom is -0.482 e. The average molecular weight is 289 g/mol. The number of terminal acetylenes is 1. The second kappa shape index (κ2) is 9.04. The number of ether oxygens (including phenoxy) is 2. The summed E-state index contributed by atoms with van der Waals surface area (Å²) in [6.45, 7) is 4.86. The van der Waals surface area contributed by atoms with E-state index in [2.05, 4.69) is 17.7 Å². The molecule has 0 aliphatic rings. The van der Waals surface area contributed by atoms with Crippen molar-refractivity contribution in [3.63, 3.8) is 0 Å². The molecule has 1 atom stereocenters. The van der Waals surface area contributed by atoms with Crippen LogP contribution in [0.15, 0.2) is 24.3 Å². The summed E-state index contributed by atoms with van der Waals surface area (Å²) in [6, 6.07) is 8.10. The van der Waals surface area contributed by atoms with Gasteiger partial charge in [-0.15, -0.1) is 6.42 Å². The van der Waals surface area contributed by atoms with Crippen molar-refractivity contribution in [2.75, 3.05) is 26.8 Å². The van der Waals surface area contributed by atoms with Gasteiger partial charge in [-0.25, -0.2) is 4.79 Å². The molecule has 1 rings (SSSR count). The number of hydrogen-bond donors (Lipinski definition) is 0. The van der Waals surface area contributed by atoms with Gasteiger partial charge in [-0.2, -0.15) is 0 Å². The van der Waals surface area contributed by atoms with Crippen molar-refractivity contribution in [3.05, 3.63) is 29.8 Å². The molecule has 114 valence electrons. The monoisotopic (exact) mass is 289 g/mol. The van der Waals surface area contributed by atoms with E-state index < -0.39 is 0 Å². The van der Waals surface area contributed by atoms with Crippen LogP contribution in [0.2, 0.25) is 0 Å². The van der Waals surface area contributed by atoms with Crippen LogP contribution in [-0.4, -0.2) is 43.7 Å². The number of rotatable bonds is 8. The van der Waals surface area contributed by atoms with Gasteiger partial charge < -0.3 is 9.47 Å². The molecule has 0 unspecified atom stereocenters. The number of benzene rings is 1. The topological polar surface area (TPSA) is 38.8 Å². The molecule has 0 bridgehead atoms. The third-order valence-corrected chi connectivity index (χ3v) is 3.21. The van der Waals surface area contributed by atoms with E-state index in [-0.39, 0.29) is 12.6 Å². The summed E-state index contributed by atoms with van der Waals surface area (Å²) in [6.07, 6.45) is 6.23. The number of carbonyl (C=O) groups excluding carboxylic acids is 1. The van der Waals surface area contributed by atoms with E-state index in [0.29, 0.717) is 24.9 Å². The molecule has 0 N–H and O–H groups in total. The maximum absolute atomic E-state index is 11.2. The molecule has 0 aliphatic heterocycles. The Hall–Kier alpha value is -1.99. The average Bonchev–Trinajstić information content (AvgIpc) is 2.47. The quantitative estimate of drug-likeness (QED) is 0.543. The first-order valence-electron chi connectivity index (χ1n) is 7.07. The first-order chi connectivity index (χ1) is 10.1. The molecule has 0 spiro atoms. The SMILES string of the molecule is C#CCN(C)[C@H](C)Cc1ccc(OCC(=O)OCC)cc1. The summed E-state index contributed by atoms with van der Waals surface area (Å²) in [5.41, 5.74) is 1.20. The lowest BCUT2D eigenvalue weighted by Gasteiger charge is -2.22. The minimum atomic E-state index is -0.355. The Morgan fingerprint density at radius 1 is 1.38 bits per heavy atom. The zero-order chi connectivity index (χ0) is 15.7. The van der Waals surface area contributed by atoms with Gasteiger partial charge in [-0.1, -0.05) is 18.1 Å². The molecule has 0 aromatic heterocycles. The highest BCUT2D eigenvalue weighted by atomic mass is 16.6. The molecule has 0 saturated carbocycles. The van der Waals surface area contributed by atoms with Crippen LogP contribution >= 0.6 is 0 Å². The van der Waals surface area contributed by atoms with E-state index in [9.17, 15) is 4.79 Å². The normalized spacial score (nSPS) is 11.8. The van der Waals surface area contributed by atoms with Gasteiger partial charge in [0.05, 0.1) is 13.2 Å². The highest BCUT2D eigenvalue weighted by Crippen LogP contribution is 2.14. The number of nitrogens with zero attached hydrogens (tertiary/aromatic N) is 1. The second-order valence-electron chi connectivity index (χ2n) is 4.91. The summed E-state index contributed by atoms with van der Waals surface area (Å²) in [7, 11) is 2.02. The summed E-state index contributed by atoms with van der Waals surface area (Å²) < 4.78 is 10.2. The van der Waals surface area contributed by atoms with Crippen LogP contribution in [0.25, 0.3) is 0 Å². The Morgan fingerprint density at radius 3 is 2.62 bits per heavy atom. The van der Waals surface area contributed by atoms with Crippen molar-refractivity contribution >= 4 is 5.97 Å². The molecule has 1 aromatic carbocycles. The molecule has 0 fully saturated rings. The zero-order valence-corrected chi connectivity index (χ0v) is 13.0. The Kier molecular flexibility index (Phi) is 7.34. The fraction of sp³-hybridized carbons (Fsp3) is 0.471. The minimum absolute atomic E-state index is 0.0610. The van der Waals surface area contributed by atoms with Crippen LogP contribution in [0.3, 0.4) is 0 Å². The van der Waals surface area contributed by atoms with Gasteiger partial charge in [-0.05, 0) is 45.0 Å². The van der Waals surface area contributed by atoms with Gasteiger partial charge in [0.2, 0.25) is 0 Å². The molecule has 1 aromatic rings. The van der Waals surface area contributed by atoms with Crippen LogP contribution in [0.5, 0.6) is 5.75 Å². The molecule has 0 saturated heterocycles. The molecular formula is C17H23NO3.